The van der Waals surface area contributed by atoms with Crippen LogP contribution in [0, 0.1) is 0 Å². The Morgan fingerprint density at radius 3 is 2.60 bits per heavy atom. The van der Waals surface area contributed by atoms with Crippen LogP contribution < -0.4 is 5.32 Å². The van der Waals surface area contributed by atoms with E-state index >= 15 is 0 Å². The topological polar surface area (TPSA) is 62.6 Å². The van der Waals surface area contributed by atoms with E-state index in [1.807, 2.05) is 13.8 Å². The van der Waals surface area contributed by atoms with Crippen molar-refractivity contribution in [2.75, 3.05) is 13.6 Å². The summed E-state index contributed by atoms with van der Waals surface area (Å²) in [5.41, 5.74) is 0. The number of nitrogens with one attached hydrogen (secondary N) is 1. The van der Waals surface area contributed by atoms with E-state index in [0.29, 0.717) is 12.3 Å². The molecule has 0 spiro atoms. The molecule has 1 atom stereocenters. The lowest BCUT2D eigenvalue weighted by Gasteiger charge is -2.22. The van der Waals surface area contributed by atoms with Gasteiger partial charge in [-0.15, -0.1) is 0 Å². The van der Waals surface area contributed by atoms with Crippen LogP contribution in [0.4, 0.5) is 0 Å². The van der Waals surface area contributed by atoms with Gasteiger partial charge in [-0.25, -0.2) is 8.42 Å². The van der Waals surface area contributed by atoms with Gasteiger partial charge in [0.05, 0.1) is 6.54 Å². The highest BCUT2D eigenvalue weighted by Gasteiger charge is 2.27. The molecule has 0 aliphatic rings. The molecule has 0 aliphatic heterocycles. The second-order valence-corrected chi connectivity index (χ2v) is 6.98. The van der Waals surface area contributed by atoms with Crippen molar-refractivity contribution in [2.24, 2.45) is 0 Å². The first kappa shape index (κ1) is 17.2. The van der Waals surface area contributed by atoms with Gasteiger partial charge in [-0.2, -0.15) is 4.31 Å². The highest BCUT2D eigenvalue weighted by molar-refractivity contribution is 7.89. The third-order valence-corrected chi connectivity index (χ3v) is 5.17. The minimum Gasteiger partial charge on any atom is -0.447 e. The average Bonchev–Trinajstić information content (AvgIpc) is 2.88. The van der Waals surface area contributed by atoms with Gasteiger partial charge in [0.2, 0.25) is 5.09 Å². The fourth-order valence-electron chi connectivity index (χ4n) is 1.96. The summed E-state index contributed by atoms with van der Waals surface area (Å²) in [5.74, 6) is 0.647. The second-order valence-electron chi connectivity index (χ2n) is 5.06. The molecule has 0 aliphatic carbocycles. The van der Waals surface area contributed by atoms with Crippen molar-refractivity contribution in [1.82, 2.24) is 9.62 Å². The minimum atomic E-state index is -3.53. The zero-order valence-corrected chi connectivity index (χ0v) is 13.7. The molecule has 0 amide bonds. The van der Waals surface area contributed by atoms with Crippen molar-refractivity contribution >= 4 is 10.0 Å². The van der Waals surface area contributed by atoms with Gasteiger partial charge in [-0.05, 0) is 38.4 Å². The molecule has 20 heavy (non-hydrogen) atoms. The van der Waals surface area contributed by atoms with Crippen LogP contribution in [0.1, 0.15) is 45.8 Å². The Balaban J connectivity index is 2.77. The summed E-state index contributed by atoms with van der Waals surface area (Å²) in [6, 6.07) is 3.22. The van der Waals surface area contributed by atoms with E-state index in [9.17, 15) is 8.42 Å². The average molecular weight is 302 g/mol. The first-order valence-corrected chi connectivity index (χ1v) is 8.64. The molecular formula is C14H26N2O3S. The molecular weight excluding hydrogens is 276 g/mol. The number of rotatable bonds is 9. The van der Waals surface area contributed by atoms with Crippen LogP contribution in [0.25, 0.3) is 0 Å². The quantitative estimate of drug-likeness (QED) is 0.712. The number of sulfonamides is 1. The van der Waals surface area contributed by atoms with Crippen LogP contribution in [-0.2, 0) is 16.6 Å². The highest BCUT2D eigenvalue weighted by atomic mass is 32.2. The Bertz CT molecular complexity index is 496. The maximum atomic E-state index is 12.4. The molecule has 0 aromatic carbocycles. The summed E-state index contributed by atoms with van der Waals surface area (Å²) in [7, 11) is -1.93. The zero-order chi connectivity index (χ0) is 15.2. The molecule has 1 rings (SSSR count). The van der Waals surface area contributed by atoms with E-state index in [4.69, 9.17) is 4.42 Å². The Morgan fingerprint density at radius 1 is 1.30 bits per heavy atom. The van der Waals surface area contributed by atoms with Crippen LogP contribution in [0.5, 0.6) is 0 Å². The summed E-state index contributed by atoms with van der Waals surface area (Å²) in [4.78, 5) is 0. The third-order valence-electron chi connectivity index (χ3n) is 3.32. The summed E-state index contributed by atoms with van der Waals surface area (Å²) in [5, 5.41) is 3.21. The third kappa shape index (κ3) is 4.33. The summed E-state index contributed by atoms with van der Waals surface area (Å²) < 4.78 is 31.6. The van der Waals surface area contributed by atoms with E-state index in [-0.39, 0.29) is 11.1 Å². The summed E-state index contributed by atoms with van der Waals surface area (Å²) in [6.45, 7) is 7.47. The molecule has 0 radical (unpaired) electrons. The molecule has 5 nitrogen and oxygen atoms in total. The van der Waals surface area contributed by atoms with Crippen molar-refractivity contribution in [3.05, 3.63) is 17.9 Å². The molecule has 116 valence electrons. The molecule has 1 N–H and O–H groups in total. The van der Waals surface area contributed by atoms with Gasteiger partial charge in [-0.3, -0.25) is 0 Å². The van der Waals surface area contributed by atoms with E-state index in [2.05, 4.69) is 12.2 Å². The predicted octanol–water partition coefficient (Wildman–Crippen LogP) is 2.59. The van der Waals surface area contributed by atoms with Gasteiger partial charge < -0.3 is 9.73 Å². The van der Waals surface area contributed by atoms with Crippen LogP contribution in [0.15, 0.2) is 21.6 Å². The fourth-order valence-corrected chi connectivity index (χ4v) is 3.27. The Labute approximate surface area is 122 Å². The molecule has 1 unspecified atom stereocenters. The van der Waals surface area contributed by atoms with E-state index in [0.717, 1.165) is 25.8 Å². The normalized spacial score (nSPS) is 13.8. The van der Waals surface area contributed by atoms with Crippen LogP contribution >= 0.6 is 0 Å². The molecule has 1 heterocycles. The lowest BCUT2D eigenvalue weighted by atomic mass is 10.2. The van der Waals surface area contributed by atoms with E-state index < -0.39 is 10.0 Å². The van der Waals surface area contributed by atoms with E-state index in [1.165, 1.54) is 10.4 Å². The van der Waals surface area contributed by atoms with Crippen LogP contribution in [-0.4, -0.2) is 32.4 Å². The lowest BCUT2D eigenvalue weighted by Crippen LogP contribution is -2.34. The van der Waals surface area contributed by atoms with Gasteiger partial charge in [0.25, 0.3) is 10.0 Å². The van der Waals surface area contributed by atoms with Crippen molar-refractivity contribution < 1.29 is 12.8 Å². The van der Waals surface area contributed by atoms with Crippen LogP contribution in [0.3, 0.4) is 0 Å². The molecule has 6 heteroatoms. The van der Waals surface area contributed by atoms with E-state index in [1.54, 1.807) is 13.1 Å². The highest BCUT2D eigenvalue weighted by Crippen LogP contribution is 2.20. The number of hydrogen-bond acceptors (Lipinski definition) is 4. The first-order chi connectivity index (χ1) is 9.43. The molecule has 0 fully saturated rings. The SMILES string of the molecule is CCCNCc1ccc(S(=O)(=O)N(C)C(C)CCC)o1. The Kier molecular flexibility index (Phi) is 6.71. The second kappa shape index (κ2) is 7.81. The molecule has 0 bridgehead atoms. The summed E-state index contributed by atoms with van der Waals surface area (Å²) >= 11 is 0. The molecule has 1 aromatic heterocycles. The van der Waals surface area contributed by atoms with Crippen molar-refractivity contribution in [1.29, 1.82) is 0 Å². The van der Waals surface area contributed by atoms with Gasteiger partial charge >= 0.3 is 0 Å². The molecule has 0 saturated heterocycles. The molecule has 0 saturated carbocycles. The number of furan rings is 1. The zero-order valence-electron chi connectivity index (χ0n) is 12.8. The van der Waals surface area contributed by atoms with Crippen LogP contribution in [0.2, 0.25) is 0 Å². The standard InChI is InChI=1S/C14H26N2O3S/c1-5-7-12(3)16(4)20(17,18)14-9-8-13(19-14)11-15-10-6-2/h8-9,12,15H,5-7,10-11H2,1-4H3. The largest absolute Gasteiger partial charge is 0.447 e. The van der Waals surface area contributed by atoms with Gasteiger partial charge in [0, 0.05) is 13.1 Å². The monoisotopic (exact) mass is 302 g/mol. The predicted molar refractivity (Wildman–Crippen MR) is 80.0 cm³/mol. The Morgan fingerprint density at radius 2 is 2.00 bits per heavy atom. The Hall–Kier alpha value is -0.850. The summed E-state index contributed by atoms with van der Waals surface area (Å²) in [6.07, 6.45) is 2.82. The minimum absolute atomic E-state index is 0.0243. The number of hydrogen-bond donors (Lipinski definition) is 1. The maximum Gasteiger partial charge on any atom is 0.276 e. The van der Waals surface area contributed by atoms with Crippen molar-refractivity contribution in [3.63, 3.8) is 0 Å². The van der Waals surface area contributed by atoms with Gasteiger partial charge in [0.1, 0.15) is 5.76 Å². The van der Waals surface area contributed by atoms with Crippen molar-refractivity contribution in [2.45, 2.75) is 57.7 Å². The first-order valence-electron chi connectivity index (χ1n) is 7.20. The molecule has 1 aromatic rings. The van der Waals surface area contributed by atoms with Gasteiger partial charge in [0.15, 0.2) is 0 Å². The van der Waals surface area contributed by atoms with Gasteiger partial charge in [-0.1, -0.05) is 20.3 Å². The fraction of sp³-hybridized carbons (Fsp3) is 0.714. The van der Waals surface area contributed by atoms with Crippen molar-refractivity contribution in [3.8, 4) is 0 Å². The number of nitrogens with zero attached hydrogens (tertiary/aromatic N) is 1. The maximum absolute atomic E-state index is 12.4. The smallest absolute Gasteiger partial charge is 0.276 e. The lowest BCUT2D eigenvalue weighted by molar-refractivity contribution is 0.341.